The molecule has 1 aromatic rings. The van der Waals surface area contributed by atoms with Crippen molar-refractivity contribution in [2.24, 2.45) is 0 Å². The molecule has 1 aromatic carbocycles. The second-order valence-electron chi connectivity index (χ2n) is 3.99. The second kappa shape index (κ2) is 6.69. The first kappa shape index (κ1) is 16.4. The third kappa shape index (κ3) is 5.48. The minimum absolute atomic E-state index is 0.0436. The van der Waals surface area contributed by atoms with E-state index in [2.05, 4.69) is 21.2 Å². The molecule has 8 heteroatoms. The van der Waals surface area contributed by atoms with E-state index < -0.39 is 9.05 Å². The fourth-order valence-corrected chi connectivity index (χ4v) is 2.58. The van der Waals surface area contributed by atoms with Crippen LogP contribution < -0.4 is 5.32 Å². The standard InChI is InChI=1S/C11H13BrClNO4S/c1-7(2)18-6-11(15)14-10-4-3-8(5-9(10)12)19(13,16)17/h3-5,7H,6H2,1-2H3,(H,14,15). The van der Waals surface area contributed by atoms with E-state index in [0.29, 0.717) is 10.2 Å². The van der Waals surface area contributed by atoms with Crippen LogP contribution in [-0.2, 0) is 18.6 Å². The van der Waals surface area contributed by atoms with Crippen LogP contribution in [0.5, 0.6) is 0 Å². The number of halogens is 2. The van der Waals surface area contributed by atoms with Crippen LogP contribution in [0.3, 0.4) is 0 Å². The van der Waals surface area contributed by atoms with E-state index >= 15 is 0 Å². The fourth-order valence-electron chi connectivity index (χ4n) is 1.18. The van der Waals surface area contributed by atoms with Crippen molar-refractivity contribution in [3.63, 3.8) is 0 Å². The lowest BCUT2D eigenvalue weighted by Gasteiger charge is -2.10. The van der Waals surface area contributed by atoms with Crippen molar-refractivity contribution < 1.29 is 17.9 Å². The molecule has 0 saturated heterocycles. The molecule has 0 aromatic heterocycles. The molecule has 0 saturated carbocycles. The van der Waals surface area contributed by atoms with Gasteiger partial charge in [-0.05, 0) is 48.0 Å². The number of amides is 1. The van der Waals surface area contributed by atoms with E-state index in [9.17, 15) is 13.2 Å². The van der Waals surface area contributed by atoms with Crippen LogP contribution in [0.2, 0.25) is 0 Å². The third-order valence-corrected chi connectivity index (χ3v) is 4.05. The number of anilines is 1. The fraction of sp³-hybridized carbons (Fsp3) is 0.364. The summed E-state index contributed by atoms with van der Waals surface area (Å²) in [5, 5.41) is 2.60. The smallest absolute Gasteiger partial charge is 0.261 e. The van der Waals surface area contributed by atoms with Gasteiger partial charge in [0.15, 0.2) is 0 Å². The molecule has 0 aliphatic heterocycles. The highest BCUT2D eigenvalue weighted by molar-refractivity contribution is 9.10. The number of rotatable bonds is 5. The van der Waals surface area contributed by atoms with Gasteiger partial charge in [-0.3, -0.25) is 4.79 Å². The van der Waals surface area contributed by atoms with Gasteiger partial charge in [0, 0.05) is 15.2 Å². The number of benzene rings is 1. The first-order chi connectivity index (χ1) is 8.70. The molecule has 0 heterocycles. The minimum Gasteiger partial charge on any atom is -0.369 e. The Morgan fingerprint density at radius 1 is 1.47 bits per heavy atom. The monoisotopic (exact) mass is 369 g/mol. The summed E-state index contributed by atoms with van der Waals surface area (Å²) < 4.78 is 27.8. The SMILES string of the molecule is CC(C)OCC(=O)Nc1ccc(S(=O)(=O)Cl)cc1Br. The summed E-state index contributed by atoms with van der Waals surface area (Å²) in [7, 11) is 1.43. The van der Waals surface area contributed by atoms with Crippen LogP contribution in [0.15, 0.2) is 27.6 Å². The van der Waals surface area contributed by atoms with Gasteiger partial charge in [0.2, 0.25) is 5.91 Å². The van der Waals surface area contributed by atoms with Crippen molar-refractivity contribution in [1.82, 2.24) is 0 Å². The molecule has 0 aliphatic carbocycles. The van der Waals surface area contributed by atoms with Crippen molar-refractivity contribution >= 4 is 47.3 Å². The number of carbonyl (C=O) groups is 1. The molecule has 0 radical (unpaired) electrons. The Morgan fingerprint density at radius 3 is 2.58 bits per heavy atom. The summed E-state index contributed by atoms with van der Waals surface area (Å²) in [6.07, 6.45) is -0.0436. The number of hydrogen-bond acceptors (Lipinski definition) is 4. The Hall–Kier alpha value is -0.630. The Balaban J connectivity index is 2.78. The molecule has 0 spiro atoms. The van der Waals surface area contributed by atoms with Crippen molar-refractivity contribution in [3.05, 3.63) is 22.7 Å². The Morgan fingerprint density at radius 2 is 2.11 bits per heavy atom. The van der Waals surface area contributed by atoms with E-state index in [1.165, 1.54) is 18.2 Å². The van der Waals surface area contributed by atoms with Gasteiger partial charge < -0.3 is 10.1 Å². The minimum atomic E-state index is -3.79. The molecule has 0 fully saturated rings. The maximum absolute atomic E-state index is 11.5. The largest absolute Gasteiger partial charge is 0.369 e. The van der Waals surface area contributed by atoms with Gasteiger partial charge in [-0.15, -0.1) is 0 Å². The molecule has 1 amide bonds. The van der Waals surface area contributed by atoms with Gasteiger partial charge in [-0.1, -0.05) is 0 Å². The van der Waals surface area contributed by atoms with Gasteiger partial charge in [0.05, 0.1) is 16.7 Å². The van der Waals surface area contributed by atoms with Gasteiger partial charge in [0.25, 0.3) is 9.05 Å². The summed E-state index contributed by atoms with van der Waals surface area (Å²) >= 11 is 3.17. The second-order valence-corrected chi connectivity index (χ2v) is 7.41. The van der Waals surface area contributed by atoms with Crippen molar-refractivity contribution in [3.8, 4) is 0 Å². The van der Waals surface area contributed by atoms with Crippen LogP contribution >= 0.6 is 26.6 Å². The van der Waals surface area contributed by atoms with E-state index in [1.54, 1.807) is 0 Å². The van der Waals surface area contributed by atoms with Crippen molar-refractivity contribution in [2.45, 2.75) is 24.8 Å². The van der Waals surface area contributed by atoms with Crippen molar-refractivity contribution in [1.29, 1.82) is 0 Å². The molecule has 106 valence electrons. The van der Waals surface area contributed by atoms with E-state index in [0.717, 1.165) is 0 Å². The predicted molar refractivity (Wildman–Crippen MR) is 76.9 cm³/mol. The summed E-state index contributed by atoms with van der Waals surface area (Å²) in [5.41, 5.74) is 0.446. The molecule has 0 atom stereocenters. The number of ether oxygens (including phenoxy) is 1. The molecule has 0 unspecified atom stereocenters. The first-order valence-corrected chi connectivity index (χ1v) is 8.46. The normalized spacial score (nSPS) is 11.6. The van der Waals surface area contributed by atoms with Crippen LogP contribution in [-0.4, -0.2) is 27.0 Å². The zero-order valence-electron chi connectivity index (χ0n) is 10.3. The van der Waals surface area contributed by atoms with Gasteiger partial charge >= 0.3 is 0 Å². The lowest BCUT2D eigenvalue weighted by molar-refractivity contribution is -0.121. The quantitative estimate of drug-likeness (QED) is 0.809. The molecule has 0 aliphatic rings. The average molecular weight is 371 g/mol. The van der Waals surface area contributed by atoms with Gasteiger partial charge in [0.1, 0.15) is 6.61 Å². The van der Waals surface area contributed by atoms with Crippen LogP contribution in [0.1, 0.15) is 13.8 Å². The Kier molecular flexibility index (Phi) is 5.79. The summed E-state index contributed by atoms with van der Waals surface area (Å²) in [6, 6.07) is 4.08. The van der Waals surface area contributed by atoms with Crippen molar-refractivity contribution in [2.75, 3.05) is 11.9 Å². The lowest BCUT2D eigenvalue weighted by atomic mass is 10.3. The van der Waals surface area contributed by atoms with E-state index in [1.807, 2.05) is 13.8 Å². The number of nitrogens with one attached hydrogen (secondary N) is 1. The average Bonchev–Trinajstić information content (AvgIpc) is 2.27. The summed E-state index contributed by atoms with van der Waals surface area (Å²) in [6.45, 7) is 3.58. The Bertz CT molecular complexity index is 574. The zero-order valence-corrected chi connectivity index (χ0v) is 13.5. The Labute approximate surface area is 124 Å². The summed E-state index contributed by atoms with van der Waals surface area (Å²) in [5.74, 6) is -0.323. The maximum atomic E-state index is 11.5. The molecule has 19 heavy (non-hydrogen) atoms. The molecule has 5 nitrogen and oxygen atoms in total. The topological polar surface area (TPSA) is 72.5 Å². The molecular weight excluding hydrogens is 358 g/mol. The highest BCUT2D eigenvalue weighted by atomic mass is 79.9. The first-order valence-electron chi connectivity index (χ1n) is 5.36. The van der Waals surface area contributed by atoms with E-state index in [4.69, 9.17) is 15.4 Å². The van der Waals surface area contributed by atoms with Gasteiger partial charge in [-0.25, -0.2) is 8.42 Å². The third-order valence-electron chi connectivity index (χ3n) is 2.04. The summed E-state index contributed by atoms with van der Waals surface area (Å²) in [4.78, 5) is 11.5. The zero-order chi connectivity index (χ0) is 14.6. The van der Waals surface area contributed by atoms with E-state index in [-0.39, 0.29) is 23.5 Å². The maximum Gasteiger partial charge on any atom is 0.261 e. The molecule has 1 N–H and O–H groups in total. The van der Waals surface area contributed by atoms with Crippen LogP contribution in [0, 0.1) is 0 Å². The highest BCUT2D eigenvalue weighted by Gasteiger charge is 2.13. The molecule has 0 bridgehead atoms. The number of hydrogen-bond donors (Lipinski definition) is 1. The molecular formula is C11H13BrClNO4S. The molecule has 1 rings (SSSR count). The van der Waals surface area contributed by atoms with Crippen LogP contribution in [0.4, 0.5) is 5.69 Å². The van der Waals surface area contributed by atoms with Crippen LogP contribution in [0.25, 0.3) is 0 Å². The predicted octanol–water partition coefficient (Wildman–Crippen LogP) is 2.74. The lowest BCUT2D eigenvalue weighted by Crippen LogP contribution is -2.20. The van der Waals surface area contributed by atoms with Gasteiger partial charge in [-0.2, -0.15) is 0 Å². The highest BCUT2D eigenvalue weighted by Crippen LogP contribution is 2.27. The number of carbonyl (C=O) groups excluding carboxylic acids is 1.